The van der Waals surface area contributed by atoms with Gasteiger partial charge in [0, 0.05) is 17.3 Å². The zero-order valence-corrected chi connectivity index (χ0v) is 11.4. The third-order valence-electron chi connectivity index (χ3n) is 2.88. The van der Waals surface area contributed by atoms with Crippen LogP contribution in [0.15, 0.2) is 30.5 Å². The summed E-state index contributed by atoms with van der Waals surface area (Å²) in [5.41, 5.74) is 3.34. The van der Waals surface area contributed by atoms with Crippen molar-refractivity contribution < 1.29 is 4.74 Å². The quantitative estimate of drug-likeness (QED) is 0.892. The second kappa shape index (κ2) is 4.84. The van der Waals surface area contributed by atoms with Crippen molar-refractivity contribution in [2.75, 3.05) is 6.61 Å². The lowest BCUT2D eigenvalue weighted by molar-refractivity contribution is 0.330. The maximum absolute atomic E-state index is 5.71. The van der Waals surface area contributed by atoms with Gasteiger partial charge in [0.05, 0.1) is 12.3 Å². The van der Waals surface area contributed by atoms with Crippen molar-refractivity contribution in [3.05, 3.63) is 36.0 Å². The molecule has 0 radical (unpaired) electrons. The van der Waals surface area contributed by atoms with Gasteiger partial charge in [-0.25, -0.2) is 0 Å². The summed E-state index contributed by atoms with van der Waals surface area (Å²) in [6, 6.07) is 8.23. The maximum atomic E-state index is 5.71. The number of hydrogen-bond acceptors (Lipinski definition) is 2. The van der Waals surface area contributed by atoms with Crippen molar-refractivity contribution in [2.24, 2.45) is 0 Å². The standard InChI is InChI=1S/C15H20N2O/c1-5-18-14-7-6-11(13-8-9-16-17-13)10-12(14)15(2,3)4/h6-10H,5H2,1-4H3,(H,16,17). The summed E-state index contributed by atoms with van der Waals surface area (Å²) in [5, 5.41) is 7.06. The number of nitrogens with one attached hydrogen (secondary N) is 1. The van der Waals surface area contributed by atoms with Crippen LogP contribution in [0.4, 0.5) is 0 Å². The van der Waals surface area contributed by atoms with Crippen LogP contribution < -0.4 is 4.74 Å². The van der Waals surface area contributed by atoms with Gasteiger partial charge in [-0.3, -0.25) is 5.10 Å². The van der Waals surface area contributed by atoms with E-state index in [1.54, 1.807) is 0 Å². The van der Waals surface area contributed by atoms with E-state index in [4.69, 9.17) is 4.74 Å². The van der Waals surface area contributed by atoms with Crippen LogP contribution in [0.25, 0.3) is 11.3 Å². The Morgan fingerprint density at radius 1 is 1.22 bits per heavy atom. The fraction of sp³-hybridized carbons (Fsp3) is 0.400. The third-order valence-corrected chi connectivity index (χ3v) is 2.88. The molecular formula is C15H20N2O. The summed E-state index contributed by atoms with van der Waals surface area (Å²) < 4.78 is 5.71. The molecular weight excluding hydrogens is 224 g/mol. The van der Waals surface area contributed by atoms with E-state index in [9.17, 15) is 0 Å². The predicted octanol–water partition coefficient (Wildman–Crippen LogP) is 3.77. The van der Waals surface area contributed by atoms with Crippen LogP contribution in [0.1, 0.15) is 33.3 Å². The molecule has 0 spiro atoms. The minimum absolute atomic E-state index is 0.0524. The van der Waals surface area contributed by atoms with Gasteiger partial charge in [0.2, 0.25) is 0 Å². The summed E-state index contributed by atoms with van der Waals surface area (Å²) in [5.74, 6) is 0.962. The van der Waals surface area contributed by atoms with Crippen molar-refractivity contribution >= 4 is 0 Å². The van der Waals surface area contributed by atoms with E-state index in [1.165, 1.54) is 5.56 Å². The molecule has 2 rings (SSSR count). The van der Waals surface area contributed by atoms with Crippen LogP contribution in [-0.4, -0.2) is 16.8 Å². The molecule has 0 aliphatic carbocycles. The maximum Gasteiger partial charge on any atom is 0.123 e. The summed E-state index contributed by atoms with van der Waals surface area (Å²) in [6.45, 7) is 9.27. The minimum Gasteiger partial charge on any atom is -0.494 e. The molecule has 0 saturated heterocycles. The molecule has 0 atom stereocenters. The van der Waals surface area contributed by atoms with Gasteiger partial charge in [-0.2, -0.15) is 5.10 Å². The lowest BCUT2D eigenvalue weighted by Crippen LogP contribution is -2.13. The molecule has 0 unspecified atom stereocenters. The highest BCUT2D eigenvalue weighted by molar-refractivity contribution is 5.62. The highest BCUT2D eigenvalue weighted by atomic mass is 16.5. The predicted molar refractivity (Wildman–Crippen MR) is 73.9 cm³/mol. The smallest absolute Gasteiger partial charge is 0.123 e. The Morgan fingerprint density at radius 3 is 2.56 bits per heavy atom. The van der Waals surface area contributed by atoms with Crippen LogP contribution in [0.2, 0.25) is 0 Å². The van der Waals surface area contributed by atoms with Crippen LogP contribution in [0, 0.1) is 0 Å². The largest absolute Gasteiger partial charge is 0.494 e. The number of aromatic amines is 1. The zero-order valence-electron chi connectivity index (χ0n) is 11.4. The van der Waals surface area contributed by atoms with Gasteiger partial charge in [0.25, 0.3) is 0 Å². The van der Waals surface area contributed by atoms with Gasteiger partial charge in [0.1, 0.15) is 5.75 Å². The van der Waals surface area contributed by atoms with Crippen LogP contribution in [0.5, 0.6) is 5.75 Å². The Hall–Kier alpha value is -1.77. The summed E-state index contributed by atoms with van der Waals surface area (Å²) in [4.78, 5) is 0. The first kappa shape index (κ1) is 12.7. The van der Waals surface area contributed by atoms with Gasteiger partial charge in [-0.15, -0.1) is 0 Å². The highest BCUT2D eigenvalue weighted by Gasteiger charge is 2.20. The first-order valence-corrected chi connectivity index (χ1v) is 6.30. The molecule has 3 nitrogen and oxygen atoms in total. The zero-order chi connectivity index (χ0) is 13.2. The van der Waals surface area contributed by atoms with Crippen LogP contribution in [0.3, 0.4) is 0 Å². The second-order valence-corrected chi connectivity index (χ2v) is 5.35. The second-order valence-electron chi connectivity index (χ2n) is 5.35. The molecule has 1 aromatic heterocycles. The molecule has 96 valence electrons. The summed E-state index contributed by atoms with van der Waals surface area (Å²) in [6.07, 6.45) is 1.84. The van der Waals surface area contributed by atoms with Gasteiger partial charge in [0.15, 0.2) is 0 Å². The fourth-order valence-corrected chi connectivity index (χ4v) is 1.98. The Morgan fingerprint density at radius 2 is 2.00 bits per heavy atom. The SMILES string of the molecule is CCOc1ccc(-c2cc[nH]n2)cc1C(C)(C)C. The molecule has 1 aromatic carbocycles. The molecule has 0 aliphatic rings. The number of ether oxygens (including phenoxy) is 1. The van der Waals surface area contributed by atoms with Gasteiger partial charge < -0.3 is 4.74 Å². The van der Waals surface area contributed by atoms with E-state index in [1.807, 2.05) is 25.3 Å². The summed E-state index contributed by atoms with van der Waals surface area (Å²) in [7, 11) is 0. The van der Waals surface area contributed by atoms with Crippen LogP contribution >= 0.6 is 0 Å². The van der Waals surface area contributed by atoms with E-state index < -0.39 is 0 Å². The monoisotopic (exact) mass is 244 g/mol. The van der Waals surface area contributed by atoms with Crippen molar-refractivity contribution in [3.63, 3.8) is 0 Å². The van der Waals surface area contributed by atoms with Crippen molar-refractivity contribution in [1.29, 1.82) is 0 Å². The van der Waals surface area contributed by atoms with Crippen molar-refractivity contribution in [1.82, 2.24) is 10.2 Å². The average Bonchev–Trinajstić information content (AvgIpc) is 2.82. The third kappa shape index (κ3) is 2.55. The number of nitrogens with zero attached hydrogens (tertiary/aromatic N) is 1. The molecule has 0 bridgehead atoms. The molecule has 0 aliphatic heterocycles. The molecule has 1 heterocycles. The van der Waals surface area contributed by atoms with Gasteiger partial charge >= 0.3 is 0 Å². The fourth-order valence-electron chi connectivity index (χ4n) is 1.98. The lowest BCUT2D eigenvalue weighted by Gasteiger charge is -2.23. The van der Waals surface area contributed by atoms with Crippen molar-refractivity contribution in [2.45, 2.75) is 33.1 Å². The lowest BCUT2D eigenvalue weighted by atomic mass is 9.85. The minimum atomic E-state index is 0.0524. The van der Waals surface area contributed by atoms with Gasteiger partial charge in [-0.1, -0.05) is 20.8 Å². The van der Waals surface area contributed by atoms with E-state index >= 15 is 0 Å². The molecule has 3 heteroatoms. The molecule has 18 heavy (non-hydrogen) atoms. The topological polar surface area (TPSA) is 37.9 Å². The van der Waals surface area contributed by atoms with Crippen molar-refractivity contribution in [3.8, 4) is 17.0 Å². The average molecular weight is 244 g/mol. The molecule has 0 amide bonds. The Kier molecular flexibility index (Phi) is 3.41. The van der Waals surface area contributed by atoms with Crippen LogP contribution in [-0.2, 0) is 5.41 Å². The highest BCUT2D eigenvalue weighted by Crippen LogP contribution is 2.34. The Bertz CT molecular complexity index is 510. The Labute approximate surface area is 108 Å². The van der Waals surface area contributed by atoms with E-state index in [0.717, 1.165) is 17.0 Å². The molecule has 0 fully saturated rings. The first-order valence-electron chi connectivity index (χ1n) is 6.30. The van der Waals surface area contributed by atoms with E-state index in [2.05, 4.69) is 43.1 Å². The molecule has 2 aromatic rings. The van der Waals surface area contributed by atoms with E-state index in [0.29, 0.717) is 6.61 Å². The number of hydrogen-bond donors (Lipinski definition) is 1. The summed E-state index contributed by atoms with van der Waals surface area (Å²) >= 11 is 0. The number of aromatic nitrogens is 2. The first-order chi connectivity index (χ1) is 8.52. The number of benzene rings is 1. The van der Waals surface area contributed by atoms with E-state index in [-0.39, 0.29) is 5.41 Å². The normalized spacial score (nSPS) is 11.6. The number of rotatable bonds is 3. The number of H-pyrrole nitrogens is 1. The molecule has 1 N–H and O–H groups in total. The molecule has 0 saturated carbocycles. The Balaban J connectivity index is 2.49. The van der Waals surface area contributed by atoms with Gasteiger partial charge in [-0.05, 0) is 36.6 Å².